The summed E-state index contributed by atoms with van der Waals surface area (Å²) in [6.45, 7) is 3.83. The van der Waals surface area contributed by atoms with Crippen LogP contribution in [-0.2, 0) is 14.4 Å². The lowest BCUT2D eigenvalue weighted by Crippen LogP contribution is -2.51. The highest BCUT2D eigenvalue weighted by atomic mass is 19.1. The highest BCUT2D eigenvalue weighted by Crippen LogP contribution is 2.32. The number of anilines is 3. The van der Waals surface area contributed by atoms with E-state index in [0.29, 0.717) is 59.9 Å². The fraction of sp³-hybridized carbons (Fsp3) is 0.455. The van der Waals surface area contributed by atoms with Crippen molar-refractivity contribution in [1.82, 2.24) is 30.1 Å². The van der Waals surface area contributed by atoms with Crippen LogP contribution in [0.2, 0.25) is 0 Å². The van der Waals surface area contributed by atoms with E-state index in [2.05, 4.69) is 41.0 Å². The van der Waals surface area contributed by atoms with E-state index >= 15 is 8.78 Å². The number of amides is 3. The molecule has 3 unspecified atom stereocenters. The van der Waals surface area contributed by atoms with Gasteiger partial charge in [0.15, 0.2) is 5.82 Å². The van der Waals surface area contributed by atoms with Crippen molar-refractivity contribution in [2.75, 3.05) is 48.3 Å². The van der Waals surface area contributed by atoms with Crippen molar-refractivity contribution in [3.05, 3.63) is 95.0 Å². The Balaban J connectivity index is 0.768. The van der Waals surface area contributed by atoms with Crippen LogP contribution in [0.15, 0.2) is 77.9 Å². The van der Waals surface area contributed by atoms with Crippen molar-refractivity contribution in [3.8, 4) is 16.9 Å². The average molecular weight is 808 g/mol. The lowest BCUT2D eigenvalue weighted by atomic mass is 9.83. The van der Waals surface area contributed by atoms with Crippen LogP contribution < -0.4 is 31.7 Å². The molecule has 2 aromatic heterocycles. The molecule has 4 N–H and O–H groups in total. The Hall–Kier alpha value is -5.70. The first-order valence-corrected chi connectivity index (χ1v) is 20.9. The van der Waals surface area contributed by atoms with Gasteiger partial charge in [0.1, 0.15) is 17.6 Å². The van der Waals surface area contributed by atoms with Crippen LogP contribution in [0.4, 0.5) is 26.1 Å². The maximum absolute atomic E-state index is 15.2. The molecule has 3 atom stereocenters. The van der Waals surface area contributed by atoms with Gasteiger partial charge in [-0.05, 0) is 93.7 Å². The van der Waals surface area contributed by atoms with Crippen LogP contribution in [0.3, 0.4) is 0 Å². The number of carbonyl (C=O) groups excluding carboxylic acids is 3. The van der Waals surface area contributed by atoms with Gasteiger partial charge < -0.3 is 20.9 Å². The number of rotatable bonds is 11. The van der Waals surface area contributed by atoms with E-state index in [1.54, 1.807) is 54.7 Å². The van der Waals surface area contributed by atoms with Gasteiger partial charge in [0.2, 0.25) is 23.7 Å². The molecule has 0 bridgehead atoms. The van der Waals surface area contributed by atoms with Gasteiger partial charge in [-0.3, -0.25) is 34.0 Å². The number of nitrogens with zero attached hydrogens (tertiary/aromatic N) is 5. The summed E-state index contributed by atoms with van der Waals surface area (Å²) in [6.07, 6.45) is 10.9. The number of carbonyl (C=O) groups is 3. The number of nitrogens with one attached hydrogen (secondary N) is 4. The van der Waals surface area contributed by atoms with Gasteiger partial charge in [0.05, 0.1) is 11.9 Å². The Morgan fingerprint density at radius 1 is 0.847 bits per heavy atom. The van der Waals surface area contributed by atoms with E-state index < -0.39 is 11.9 Å². The minimum atomic E-state index is -0.565. The molecule has 4 aliphatic rings. The number of hydrogen-bond donors (Lipinski definition) is 4. The predicted octanol–water partition coefficient (Wildman–Crippen LogP) is 5.26. The van der Waals surface area contributed by atoms with Gasteiger partial charge in [0, 0.05) is 86.3 Å². The zero-order valence-corrected chi connectivity index (χ0v) is 33.0. The fourth-order valence-corrected chi connectivity index (χ4v) is 9.14. The number of halogens is 2. The van der Waals surface area contributed by atoms with E-state index in [9.17, 15) is 19.2 Å². The van der Waals surface area contributed by atoms with E-state index in [4.69, 9.17) is 0 Å². The molecular weight excluding hydrogens is 757 g/mol. The maximum Gasteiger partial charge on any atom is 0.255 e. The lowest BCUT2D eigenvalue weighted by Gasteiger charge is -2.42. The summed E-state index contributed by atoms with van der Waals surface area (Å²) in [4.78, 5) is 62.7. The van der Waals surface area contributed by atoms with Gasteiger partial charge in [-0.15, -0.1) is 0 Å². The molecule has 2 aromatic carbocycles. The number of imide groups is 1. The standard InChI is InChI=1S/C44H51F2N9O4/c45-35-25-32(49-37-15-17-39(56)51-43(37)59)12-16-38(35)54-21-19-53(20-22-54)33-13-10-28(11-14-33)26-47-42(58)30-6-3-7-31(23-30)50-44-48-27-36(46)41(52-44)29-5-4-8-34(24-29)55-18-2-1-9-40(55)57/h1-2,4-5,8-9,12,16,18,24-25,27-28,30-31,33,37,49H,3,6-7,10-11,13-15,17,19-23,26H2,(H,47,58)(H,48,50,52)(H,51,56,59)/t28-,30?,31?,33-,37?. The first-order valence-electron chi connectivity index (χ1n) is 20.9. The quantitative estimate of drug-likeness (QED) is 0.148. The van der Waals surface area contributed by atoms with Gasteiger partial charge >= 0.3 is 0 Å². The number of pyridine rings is 1. The zero-order valence-electron chi connectivity index (χ0n) is 33.0. The number of piperazine rings is 1. The number of hydrogen-bond acceptors (Lipinski definition) is 10. The summed E-state index contributed by atoms with van der Waals surface area (Å²) in [5.74, 6) is -0.888. The molecule has 0 radical (unpaired) electrons. The van der Waals surface area contributed by atoms with Gasteiger partial charge in [-0.25, -0.2) is 18.7 Å². The van der Waals surface area contributed by atoms with Crippen molar-refractivity contribution in [2.24, 2.45) is 11.8 Å². The predicted molar refractivity (Wildman–Crippen MR) is 221 cm³/mol. The first-order chi connectivity index (χ1) is 28.7. The van der Waals surface area contributed by atoms with Crippen LogP contribution in [0.1, 0.15) is 64.2 Å². The summed E-state index contributed by atoms with van der Waals surface area (Å²) in [5, 5.41) is 12.0. The summed E-state index contributed by atoms with van der Waals surface area (Å²) in [5.41, 5.74) is 2.15. The molecule has 13 nitrogen and oxygen atoms in total. The van der Waals surface area contributed by atoms with Gasteiger partial charge in [-0.1, -0.05) is 24.6 Å². The van der Waals surface area contributed by atoms with Crippen molar-refractivity contribution in [1.29, 1.82) is 0 Å². The van der Waals surface area contributed by atoms with Crippen LogP contribution >= 0.6 is 0 Å². The molecule has 2 aliphatic heterocycles. The molecule has 310 valence electrons. The lowest BCUT2D eigenvalue weighted by molar-refractivity contribution is -0.133. The summed E-state index contributed by atoms with van der Waals surface area (Å²) < 4.78 is 31.8. The number of aromatic nitrogens is 3. The van der Waals surface area contributed by atoms with E-state index in [-0.39, 0.29) is 53.2 Å². The third-order valence-corrected chi connectivity index (χ3v) is 12.4. The van der Waals surface area contributed by atoms with Crippen molar-refractivity contribution < 1.29 is 23.2 Å². The van der Waals surface area contributed by atoms with Gasteiger partial charge in [-0.2, -0.15) is 0 Å². The third kappa shape index (κ3) is 9.62. The molecule has 3 amide bonds. The number of piperidine rings is 1. The highest BCUT2D eigenvalue weighted by molar-refractivity contribution is 6.01. The van der Waals surface area contributed by atoms with Crippen molar-refractivity contribution in [3.63, 3.8) is 0 Å². The minimum absolute atomic E-state index is 0.0270. The van der Waals surface area contributed by atoms with Gasteiger partial charge in [0.25, 0.3) is 5.56 Å². The fourth-order valence-electron chi connectivity index (χ4n) is 9.14. The Bertz CT molecular complexity index is 2220. The minimum Gasteiger partial charge on any atom is -0.374 e. The highest BCUT2D eigenvalue weighted by Gasteiger charge is 2.32. The summed E-state index contributed by atoms with van der Waals surface area (Å²) in [6, 6.07) is 16.8. The summed E-state index contributed by atoms with van der Waals surface area (Å²) >= 11 is 0. The SMILES string of the molecule is O=C1CCC(Nc2ccc(N3CCN([C@H]4CC[C@H](CNC(=O)C5CCCC(Nc6ncc(F)c(-c7cccc(-n8ccccc8=O)c7)n6)C5)CC4)CC3)c(F)c2)C(=O)N1. The number of benzene rings is 2. The normalized spacial score (nSPS) is 24.0. The zero-order chi connectivity index (χ0) is 40.9. The van der Waals surface area contributed by atoms with Crippen LogP contribution in [-0.4, -0.2) is 88.0 Å². The third-order valence-electron chi connectivity index (χ3n) is 12.4. The molecule has 2 aliphatic carbocycles. The van der Waals surface area contributed by atoms with Crippen molar-refractivity contribution in [2.45, 2.75) is 82.3 Å². The Kier molecular flexibility index (Phi) is 12.3. The van der Waals surface area contributed by atoms with E-state index in [1.165, 1.54) is 16.7 Å². The smallest absolute Gasteiger partial charge is 0.255 e. The maximum atomic E-state index is 15.2. The van der Waals surface area contributed by atoms with Crippen LogP contribution in [0.5, 0.6) is 0 Å². The van der Waals surface area contributed by atoms with Crippen LogP contribution in [0, 0.1) is 23.5 Å². The topological polar surface area (TPSA) is 154 Å². The molecule has 0 spiro atoms. The molecule has 2 saturated carbocycles. The second kappa shape index (κ2) is 18.1. The molecule has 4 heterocycles. The Labute approximate surface area is 342 Å². The Morgan fingerprint density at radius 2 is 1.68 bits per heavy atom. The van der Waals surface area contributed by atoms with Crippen molar-refractivity contribution >= 4 is 35.0 Å². The molecule has 2 saturated heterocycles. The molecular formula is C44H51F2N9O4. The largest absolute Gasteiger partial charge is 0.374 e. The second-order valence-corrected chi connectivity index (χ2v) is 16.3. The molecule has 15 heteroatoms. The Morgan fingerprint density at radius 3 is 2.46 bits per heavy atom. The molecule has 4 fully saturated rings. The average Bonchev–Trinajstić information content (AvgIpc) is 3.25. The van der Waals surface area contributed by atoms with E-state index in [1.807, 2.05) is 0 Å². The first kappa shape index (κ1) is 40.1. The monoisotopic (exact) mass is 807 g/mol. The molecule has 59 heavy (non-hydrogen) atoms. The van der Waals surface area contributed by atoms with E-state index in [0.717, 1.165) is 77.3 Å². The molecule has 8 rings (SSSR count). The van der Waals surface area contributed by atoms with Crippen LogP contribution in [0.25, 0.3) is 16.9 Å². The summed E-state index contributed by atoms with van der Waals surface area (Å²) in [7, 11) is 0. The molecule has 4 aromatic rings. The second-order valence-electron chi connectivity index (χ2n) is 16.3.